The van der Waals surface area contributed by atoms with Gasteiger partial charge in [0.1, 0.15) is 6.04 Å². The molecule has 0 aromatic carbocycles. The molecule has 0 spiro atoms. The summed E-state index contributed by atoms with van der Waals surface area (Å²) in [7, 11) is 0. The molecule has 1 N–H and O–H groups in total. The minimum atomic E-state index is -0.390. The molecule has 1 saturated heterocycles. The fraction of sp³-hybridized carbons (Fsp3) is 0.818. The molecule has 1 atom stereocenters. The fourth-order valence-corrected chi connectivity index (χ4v) is 2.36. The van der Waals surface area contributed by atoms with Gasteiger partial charge in [0.05, 0.1) is 6.61 Å². The van der Waals surface area contributed by atoms with Crippen LogP contribution < -0.4 is 5.32 Å². The summed E-state index contributed by atoms with van der Waals surface area (Å²) in [5.74, 6) is 0.253. The largest absolute Gasteiger partial charge is 0.464 e. The Morgan fingerprint density at radius 3 is 2.67 bits per heavy atom. The highest BCUT2D eigenvalue weighted by Crippen LogP contribution is 2.27. The van der Waals surface area contributed by atoms with Crippen molar-refractivity contribution in [3.8, 4) is 0 Å². The molecule has 1 amide bonds. The van der Waals surface area contributed by atoms with Crippen LogP contribution in [0.1, 0.15) is 38.5 Å². The van der Waals surface area contributed by atoms with E-state index in [1.54, 1.807) is 0 Å². The van der Waals surface area contributed by atoms with Gasteiger partial charge < -0.3 is 10.1 Å². The lowest BCUT2D eigenvalue weighted by atomic mass is 10.0. The Labute approximate surface area is 89.4 Å². The number of cyclic esters (lactones) is 1. The van der Waals surface area contributed by atoms with Gasteiger partial charge in [-0.15, -0.1) is 0 Å². The van der Waals surface area contributed by atoms with Gasteiger partial charge in [0, 0.05) is 12.8 Å². The van der Waals surface area contributed by atoms with Crippen LogP contribution in [0.15, 0.2) is 0 Å². The van der Waals surface area contributed by atoms with Crippen LogP contribution in [0, 0.1) is 5.92 Å². The van der Waals surface area contributed by atoms with Crippen molar-refractivity contribution in [2.75, 3.05) is 6.61 Å². The van der Waals surface area contributed by atoms with Gasteiger partial charge in [-0.3, -0.25) is 4.79 Å². The molecule has 1 aliphatic carbocycles. The predicted octanol–water partition coefficient (Wildman–Crippen LogP) is 0.998. The number of hydrogen-bond acceptors (Lipinski definition) is 3. The highest BCUT2D eigenvalue weighted by atomic mass is 16.5. The van der Waals surface area contributed by atoms with E-state index in [0.29, 0.717) is 25.4 Å². The first-order valence-corrected chi connectivity index (χ1v) is 5.71. The summed E-state index contributed by atoms with van der Waals surface area (Å²) in [6, 6.07) is -0.390. The summed E-state index contributed by atoms with van der Waals surface area (Å²) in [6.07, 6.45) is 5.98. The molecule has 2 fully saturated rings. The molecular weight excluding hydrogens is 194 g/mol. The summed E-state index contributed by atoms with van der Waals surface area (Å²) in [5.41, 5.74) is 0. The van der Waals surface area contributed by atoms with Gasteiger partial charge in [-0.25, -0.2) is 4.79 Å². The van der Waals surface area contributed by atoms with Crippen molar-refractivity contribution in [2.45, 2.75) is 44.6 Å². The van der Waals surface area contributed by atoms with Crippen LogP contribution in [-0.2, 0) is 14.3 Å². The average Bonchev–Trinajstić information content (AvgIpc) is 2.79. The molecule has 0 bridgehead atoms. The van der Waals surface area contributed by atoms with Crippen LogP contribution in [-0.4, -0.2) is 24.5 Å². The molecule has 4 heteroatoms. The number of ether oxygens (including phenoxy) is 1. The van der Waals surface area contributed by atoms with E-state index in [4.69, 9.17) is 4.74 Å². The SMILES string of the molecule is O=C(CC1CCCC1)N[C@H]1CCOC1=O. The zero-order valence-electron chi connectivity index (χ0n) is 8.83. The van der Waals surface area contributed by atoms with Gasteiger partial charge in [-0.2, -0.15) is 0 Å². The smallest absolute Gasteiger partial charge is 0.328 e. The Hall–Kier alpha value is -1.06. The van der Waals surface area contributed by atoms with Crippen molar-refractivity contribution >= 4 is 11.9 Å². The van der Waals surface area contributed by atoms with Gasteiger partial charge in [0.15, 0.2) is 0 Å². The summed E-state index contributed by atoms with van der Waals surface area (Å²) in [4.78, 5) is 22.7. The van der Waals surface area contributed by atoms with Crippen LogP contribution in [0.25, 0.3) is 0 Å². The van der Waals surface area contributed by atoms with E-state index in [2.05, 4.69) is 5.32 Å². The molecule has 0 aromatic rings. The maximum atomic E-state index is 11.6. The quantitative estimate of drug-likeness (QED) is 0.708. The Kier molecular flexibility index (Phi) is 3.23. The van der Waals surface area contributed by atoms with Crippen LogP contribution >= 0.6 is 0 Å². The van der Waals surface area contributed by atoms with Gasteiger partial charge in [-0.1, -0.05) is 12.8 Å². The normalized spacial score (nSPS) is 26.7. The minimum Gasteiger partial charge on any atom is -0.464 e. The number of amides is 1. The number of rotatable bonds is 3. The number of hydrogen-bond donors (Lipinski definition) is 1. The average molecular weight is 211 g/mol. The minimum absolute atomic E-state index is 0.00532. The lowest BCUT2D eigenvalue weighted by Gasteiger charge is -2.11. The summed E-state index contributed by atoms with van der Waals surface area (Å²) in [5, 5.41) is 2.74. The number of esters is 1. The molecule has 0 unspecified atom stereocenters. The lowest BCUT2D eigenvalue weighted by molar-refractivity contribution is -0.141. The fourth-order valence-electron chi connectivity index (χ4n) is 2.36. The second-order valence-electron chi connectivity index (χ2n) is 4.43. The third-order valence-corrected chi connectivity index (χ3v) is 3.22. The zero-order chi connectivity index (χ0) is 10.7. The van der Waals surface area contributed by atoms with E-state index in [0.717, 1.165) is 12.8 Å². The monoisotopic (exact) mass is 211 g/mol. The van der Waals surface area contributed by atoms with Crippen LogP contribution in [0.4, 0.5) is 0 Å². The Balaban J connectivity index is 1.74. The van der Waals surface area contributed by atoms with E-state index in [1.165, 1.54) is 12.8 Å². The van der Waals surface area contributed by atoms with E-state index >= 15 is 0 Å². The molecule has 1 aliphatic heterocycles. The second-order valence-corrected chi connectivity index (χ2v) is 4.43. The maximum Gasteiger partial charge on any atom is 0.328 e. The highest BCUT2D eigenvalue weighted by Gasteiger charge is 2.28. The Morgan fingerprint density at radius 2 is 2.07 bits per heavy atom. The topological polar surface area (TPSA) is 55.4 Å². The van der Waals surface area contributed by atoms with Crippen molar-refractivity contribution in [3.63, 3.8) is 0 Å². The van der Waals surface area contributed by atoms with Gasteiger partial charge in [0.25, 0.3) is 0 Å². The van der Waals surface area contributed by atoms with Crippen LogP contribution in [0.2, 0.25) is 0 Å². The van der Waals surface area contributed by atoms with E-state index in [9.17, 15) is 9.59 Å². The predicted molar refractivity (Wildman–Crippen MR) is 54.1 cm³/mol. The highest BCUT2D eigenvalue weighted by molar-refractivity contribution is 5.85. The maximum absolute atomic E-state index is 11.6. The molecule has 15 heavy (non-hydrogen) atoms. The Morgan fingerprint density at radius 1 is 1.33 bits per heavy atom. The van der Waals surface area contributed by atoms with Crippen molar-refractivity contribution in [1.82, 2.24) is 5.32 Å². The lowest BCUT2D eigenvalue weighted by Crippen LogP contribution is -2.38. The van der Waals surface area contributed by atoms with Gasteiger partial charge in [0.2, 0.25) is 5.91 Å². The molecule has 1 saturated carbocycles. The molecule has 2 rings (SSSR count). The standard InChI is InChI=1S/C11H17NO3/c13-10(7-8-3-1-2-4-8)12-9-5-6-15-11(9)14/h8-9H,1-7H2,(H,12,13)/t9-/m0/s1. The van der Waals surface area contributed by atoms with E-state index < -0.39 is 0 Å². The number of carbonyl (C=O) groups excluding carboxylic acids is 2. The molecule has 4 nitrogen and oxygen atoms in total. The third-order valence-electron chi connectivity index (χ3n) is 3.22. The van der Waals surface area contributed by atoms with Crippen molar-refractivity contribution in [3.05, 3.63) is 0 Å². The van der Waals surface area contributed by atoms with E-state index in [1.807, 2.05) is 0 Å². The molecular formula is C11H17NO3. The van der Waals surface area contributed by atoms with Crippen LogP contribution in [0.3, 0.4) is 0 Å². The number of nitrogens with one attached hydrogen (secondary N) is 1. The van der Waals surface area contributed by atoms with Crippen molar-refractivity contribution in [2.24, 2.45) is 5.92 Å². The third kappa shape index (κ3) is 2.70. The number of carbonyl (C=O) groups is 2. The van der Waals surface area contributed by atoms with Crippen molar-refractivity contribution < 1.29 is 14.3 Å². The van der Waals surface area contributed by atoms with Crippen LogP contribution in [0.5, 0.6) is 0 Å². The van der Waals surface area contributed by atoms with Gasteiger partial charge >= 0.3 is 5.97 Å². The summed E-state index contributed by atoms with van der Waals surface area (Å²) < 4.78 is 4.78. The molecule has 84 valence electrons. The zero-order valence-corrected chi connectivity index (χ0v) is 8.83. The Bertz CT molecular complexity index is 259. The molecule has 1 heterocycles. The summed E-state index contributed by atoms with van der Waals surface area (Å²) in [6.45, 7) is 0.438. The summed E-state index contributed by atoms with van der Waals surface area (Å²) >= 11 is 0. The van der Waals surface area contributed by atoms with Gasteiger partial charge in [-0.05, 0) is 18.8 Å². The first kappa shape index (κ1) is 10.5. The second kappa shape index (κ2) is 4.64. The first-order chi connectivity index (χ1) is 7.25. The van der Waals surface area contributed by atoms with E-state index in [-0.39, 0.29) is 17.9 Å². The molecule has 0 aromatic heterocycles. The molecule has 0 radical (unpaired) electrons. The molecule has 2 aliphatic rings. The van der Waals surface area contributed by atoms with Crippen molar-refractivity contribution in [1.29, 1.82) is 0 Å². The first-order valence-electron chi connectivity index (χ1n) is 5.71.